The Kier molecular flexibility index (Phi) is 6.76. The van der Waals surface area contributed by atoms with Crippen LogP contribution < -0.4 is 0 Å². The quantitative estimate of drug-likeness (QED) is 0.179. The molecule has 7 heteroatoms. The van der Waals surface area contributed by atoms with E-state index >= 15 is 0 Å². The van der Waals surface area contributed by atoms with Crippen LogP contribution in [0.15, 0.2) is 186 Å². The third-order valence-electron chi connectivity index (χ3n) is 11.5. The molecule has 0 bridgehead atoms. The van der Waals surface area contributed by atoms with Gasteiger partial charge < -0.3 is 0 Å². The van der Waals surface area contributed by atoms with Crippen LogP contribution in [0.2, 0.25) is 0 Å². The predicted octanol–water partition coefficient (Wildman–Crippen LogP) is 13.9. The fourth-order valence-corrected chi connectivity index (χ4v) is 11.2. The summed E-state index contributed by atoms with van der Waals surface area (Å²) in [7, 11) is 0. The zero-order valence-corrected chi connectivity index (χ0v) is 32.4. The van der Waals surface area contributed by atoms with Crippen LogP contribution in [0.5, 0.6) is 0 Å². The average Bonchev–Trinajstić information content (AvgIpc) is 3.95. The molecule has 0 spiro atoms. The van der Waals surface area contributed by atoms with Crippen molar-refractivity contribution in [3.63, 3.8) is 0 Å². The molecule has 5 nitrogen and oxygen atoms in total. The van der Waals surface area contributed by atoms with Crippen LogP contribution in [-0.4, -0.2) is 24.1 Å². The lowest BCUT2D eigenvalue weighted by molar-refractivity contribution is 1.03. The molecule has 0 unspecified atom stereocenters. The van der Waals surface area contributed by atoms with Crippen LogP contribution >= 0.6 is 23.1 Å². The SMILES string of the molecule is c1ccc(-n2c3cccc(-c4nc(-c5ccc6ccccc6c5)nc(-c5ccc6sc7ccccc7c6c5)n4)c3c3c4cccc5c4n(c32)-c2ccccc2S5)cc1. The lowest BCUT2D eigenvalue weighted by atomic mass is 10.0. The summed E-state index contributed by atoms with van der Waals surface area (Å²) in [5, 5.41) is 8.29. The van der Waals surface area contributed by atoms with E-state index in [-0.39, 0.29) is 0 Å². The number of fused-ring (bicyclic) bond motifs is 11. The minimum absolute atomic E-state index is 0.642. The van der Waals surface area contributed by atoms with Crippen LogP contribution in [0.4, 0.5) is 0 Å². The first kappa shape index (κ1) is 32.1. The van der Waals surface area contributed by atoms with Gasteiger partial charge in [0.15, 0.2) is 17.5 Å². The Labute approximate surface area is 340 Å². The summed E-state index contributed by atoms with van der Waals surface area (Å²) < 4.78 is 7.42. The van der Waals surface area contributed by atoms with Crippen molar-refractivity contribution in [2.45, 2.75) is 9.79 Å². The molecule has 0 saturated carbocycles. The van der Waals surface area contributed by atoms with E-state index in [0.29, 0.717) is 17.5 Å². The molecule has 58 heavy (non-hydrogen) atoms. The molecule has 0 saturated heterocycles. The van der Waals surface area contributed by atoms with Gasteiger partial charge in [0, 0.05) is 68.5 Å². The van der Waals surface area contributed by atoms with Crippen molar-refractivity contribution in [3.05, 3.63) is 176 Å². The molecule has 5 heterocycles. The van der Waals surface area contributed by atoms with Gasteiger partial charge in [-0.25, -0.2) is 15.0 Å². The van der Waals surface area contributed by atoms with Crippen LogP contribution in [0, 0.1) is 0 Å². The van der Waals surface area contributed by atoms with Crippen molar-refractivity contribution >= 4 is 86.9 Å². The number of hydrogen-bond donors (Lipinski definition) is 0. The van der Waals surface area contributed by atoms with E-state index in [0.717, 1.165) is 44.3 Å². The number of benzene rings is 8. The molecule has 0 fully saturated rings. The fourth-order valence-electron chi connectivity index (χ4n) is 8.99. The van der Waals surface area contributed by atoms with Crippen molar-refractivity contribution in [3.8, 4) is 45.5 Å². The maximum Gasteiger partial charge on any atom is 0.164 e. The smallest absolute Gasteiger partial charge is 0.164 e. The molecule has 1 aliphatic rings. The van der Waals surface area contributed by atoms with E-state index in [1.165, 1.54) is 57.3 Å². The standard InChI is InChI=1S/C51H29N5S2/c1-2-14-34(15-3-1)55-40-20-10-18-37(45(40)46-36-17-11-23-44-47(36)56(51(46)55)39-19-7-9-22-43(39)58-44)50-53-48(32-25-24-30-12-4-5-13-31(30)28-32)52-49(54-50)33-26-27-42-38(29-33)35-16-6-8-21-41(35)57-42/h1-29H. The van der Waals surface area contributed by atoms with E-state index in [1.54, 1.807) is 0 Å². The summed E-state index contributed by atoms with van der Waals surface area (Å²) in [6, 6.07) is 62.9. The topological polar surface area (TPSA) is 48.5 Å². The second kappa shape index (κ2) is 12.2. The highest BCUT2D eigenvalue weighted by atomic mass is 32.2. The van der Waals surface area contributed by atoms with Gasteiger partial charge in [0.05, 0.1) is 16.7 Å². The average molecular weight is 776 g/mol. The number of thiophene rings is 1. The monoisotopic (exact) mass is 775 g/mol. The van der Waals surface area contributed by atoms with E-state index in [1.807, 2.05) is 23.1 Å². The Bertz CT molecular complexity index is 3670. The number of para-hydroxylation sites is 3. The van der Waals surface area contributed by atoms with Crippen molar-refractivity contribution in [1.82, 2.24) is 24.1 Å². The summed E-state index contributed by atoms with van der Waals surface area (Å²) in [5.41, 5.74) is 8.61. The first-order valence-electron chi connectivity index (χ1n) is 19.4. The van der Waals surface area contributed by atoms with Gasteiger partial charge in [-0.1, -0.05) is 121 Å². The van der Waals surface area contributed by atoms with E-state index < -0.39 is 0 Å². The van der Waals surface area contributed by atoms with Crippen molar-refractivity contribution in [1.29, 1.82) is 0 Å². The van der Waals surface area contributed by atoms with Gasteiger partial charge in [-0.2, -0.15) is 0 Å². The molecule has 1 aliphatic heterocycles. The minimum Gasteiger partial charge on any atom is -0.295 e. The normalized spacial score (nSPS) is 12.4. The number of aromatic nitrogens is 5. The summed E-state index contributed by atoms with van der Waals surface area (Å²) in [6.07, 6.45) is 0. The Morgan fingerprint density at radius 1 is 0.431 bits per heavy atom. The lowest BCUT2D eigenvalue weighted by Gasteiger charge is -2.21. The second-order valence-corrected chi connectivity index (χ2v) is 17.0. The fraction of sp³-hybridized carbons (Fsp3) is 0. The zero-order chi connectivity index (χ0) is 37.9. The first-order chi connectivity index (χ1) is 28.7. The van der Waals surface area contributed by atoms with E-state index in [2.05, 4.69) is 185 Å². The third-order valence-corrected chi connectivity index (χ3v) is 13.8. The van der Waals surface area contributed by atoms with Crippen LogP contribution in [-0.2, 0) is 0 Å². The second-order valence-electron chi connectivity index (χ2n) is 14.8. The molecular weight excluding hydrogens is 747 g/mol. The number of hydrogen-bond acceptors (Lipinski definition) is 5. The number of rotatable bonds is 4. The molecular formula is C51H29N5S2. The van der Waals surface area contributed by atoms with Gasteiger partial charge in [0.2, 0.25) is 0 Å². The lowest BCUT2D eigenvalue weighted by Crippen LogP contribution is -2.05. The van der Waals surface area contributed by atoms with Crippen molar-refractivity contribution in [2.75, 3.05) is 0 Å². The van der Waals surface area contributed by atoms with Gasteiger partial charge in [-0.3, -0.25) is 9.13 Å². The summed E-state index contributed by atoms with van der Waals surface area (Å²) in [5.74, 6) is 1.93. The van der Waals surface area contributed by atoms with E-state index in [4.69, 9.17) is 15.0 Å². The number of nitrogens with zero attached hydrogens (tertiary/aromatic N) is 5. The first-order valence-corrected chi connectivity index (χ1v) is 21.0. The Balaban J connectivity index is 1.14. The molecule has 0 radical (unpaired) electrons. The maximum atomic E-state index is 5.41. The maximum absolute atomic E-state index is 5.41. The molecule has 12 aromatic rings. The zero-order valence-electron chi connectivity index (χ0n) is 30.8. The van der Waals surface area contributed by atoms with Gasteiger partial charge in [-0.15, -0.1) is 11.3 Å². The highest BCUT2D eigenvalue weighted by Gasteiger charge is 2.29. The Hall–Kier alpha value is -7.06. The molecule has 0 amide bonds. The summed E-state index contributed by atoms with van der Waals surface area (Å²) >= 11 is 3.66. The van der Waals surface area contributed by atoms with Gasteiger partial charge in [-0.05, 0) is 77.5 Å². The van der Waals surface area contributed by atoms with Crippen molar-refractivity contribution < 1.29 is 0 Å². The van der Waals surface area contributed by atoms with Crippen molar-refractivity contribution in [2.24, 2.45) is 0 Å². The molecule has 0 N–H and O–H groups in total. The highest BCUT2D eigenvalue weighted by Crippen LogP contribution is 2.50. The Morgan fingerprint density at radius 3 is 2.03 bits per heavy atom. The predicted molar refractivity (Wildman–Crippen MR) is 242 cm³/mol. The van der Waals surface area contributed by atoms with Crippen LogP contribution in [0.3, 0.4) is 0 Å². The van der Waals surface area contributed by atoms with Gasteiger partial charge in [0.25, 0.3) is 0 Å². The highest BCUT2D eigenvalue weighted by molar-refractivity contribution is 7.99. The van der Waals surface area contributed by atoms with E-state index in [9.17, 15) is 0 Å². The van der Waals surface area contributed by atoms with Crippen LogP contribution in [0.25, 0.3) is 109 Å². The molecule has 0 atom stereocenters. The molecule has 4 aromatic heterocycles. The molecule has 0 aliphatic carbocycles. The molecule has 8 aromatic carbocycles. The molecule has 270 valence electrons. The largest absolute Gasteiger partial charge is 0.295 e. The summed E-state index contributed by atoms with van der Waals surface area (Å²) in [6.45, 7) is 0. The Morgan fingerprint density at radius 2 is 1.12 bits per heavy atom. The molecule has 13 rings (SSSR count). The minimum atomic E-state index is 0.642. The summed E-state index contributed by atoms with van der Waals surface area (Å²) in [4.78, 5) is 18.5. The third kappa shape index (κ3) is 4.63. The van der Waals surface area contributed by atoms with Gasteiger partial charge in [0.1, 0.15) is 5.65 Å². The van der Waals surface area contributed by atoms with Gasteiger partial charge >= 0.3 is 0 Å². The van der Waals surface area contributed by atoms with Crippen LogP contribution in [0.1, 0.15) is 0 Å².